The summed E-state index contributed by atoms with van der Waals surface area (Å²) in [6.07, 6.45) is 4.46. The molecule has 17 heavy (non-hydrogen) atoms. The first kappa shape index (κ1) is 14.9. The van der Waals surface area contributed by atoms with Gasteiger partial charge in [-0.2, -0.15) is 0 Å². The molecule has 1 aliphatic rings. The van der Waals surface area contributed by atoms with Gasteiger partial charge >= 0.3 is 0 Å². The van der Waals surface area contributed by atoms with E-state index in [1.807, 2.05) is 21.0 Å². The minimum Gasteiger partial charge on any atom is -0.377 e. The average Bonchev–Trinajstić information content (AvgIpc) is 2.27. The topological polar surface area (TPSA) is 39.7 Å². The molecule has 102 valence electrons. The summed E-state index contributed by atoms with van der Waals surface area (Å²) >= 11 is 0. The summed E-state index contributed by atoms with van der Waals surface area (Å²) in [7, 11) is 1.81. The normalized spacial score (nSPS) is 18.4. The smallest absolute Gasteiger partial charge is 0.158 e. The van der Waals surface area contributed by atoms with E-state index in [1.54, 1.807) is 0 Å². The maximum absolute atomic E-state index is 5.55. The molecule has 4 heteroatoms. The van der Waals surface area contributed by atoms with Crippen LogP contribution in [-0.2, 0) is 14.2 Å². The average molecular weight is 245 g/mol. The van der Waals surface area contributed by atoms with Crippen LogP contribution in [-0.4, -0.2) is 45.3 Å². The largest absolute Gasteiger partial charge is 0.377 e. The minimum atomic E-state index is -0.0719. The molecule has 0 atom stereocenters. The Morgan fingerprint density at radius 2 is 1.82 bits per heavy atom. The van der Waals surface area contributed by atoms with Gasteiger partial charge in [0.2, 0.25) is 0 Å². The molecule has 0 aromatic heterocycles. The molecule has 0 unspecified atom stereocenters. The van der Waals surface area contributed by atoms with E-state index >= 15 is 0 Å². The van der Waals surface area contributed by atoms with Gasteiger partial charge in [0, 0.05) is 39.8 Å². The second-order valence-corrected chi connectivity index (χ2v) is 4.55. The van der Waals surface area contributed by atoms with Gasteiger partial charge < -0.3 is 19.5 Å². The van der Waals surface area contributed by atoms with Crippen molar-refractivity contribution in [1.82, 2.24) is 5.32 Å². The molecule has 0 aliphatic heterocycles. The predicted octanol–water partition coefficient (Wildman–Crippen LogP) is 1.93. The Labute approximate surface area is 105 Å². The molecule has 1 aliphatic carbocycles. The van der Waals surface area contributed by atoms with Gasteiger partial charge in [-0.1, -0.05) is 0 Å². The van der Waals surface area contributed by atoms with Gasteiger partial charge in [-0.25, -0.2) is 0 Å². The van der Waals surface area contributed by atoms with E-state index in [4.69, 9.17) is 14.2 Å². The third-order valence-corrected chi connectivity index (χ3v) is 3.41. The Balaban J connectivity index is 2.08. The van der Waals surface area contributed by atoms with Crippen LogP contribution in [0.15, 0.2) is 0 Å². The second kappa shape index (κ2) is 8.03. The number of hydrogen-bond acceptors (Lipinski definition) is 4. The molecule has 1 N–H and O–H groups in total. The maximum atomic E-state index is 5.55. The molecule has 4 nitrogen and oxygen atoms in total. The highest BCUT2D eigenvalue weighted by Crippen LogP contribution is 2.34. The van der Waals surface area contributed by atoms with Crippen molar-refractivity contribution in [2.45, 2.75) is 51.4 Å². The standard InChI is InChI=1S/C13H27NO3/c1-4-16-12(17-5-2)7-10-14-11-13(15-3)8-6-9-13/h12,14H,4-11H2,1-3H3. The SMILES string of the molecule is CCOC(CCNCC1(OC)CCC1)OCC. The Bertz CT molecular complexity index is 184. The van der Waals surface area contributed by atoms with Crippen molar-refractivity contribution in [3.63, 3.8) is 0 Å². The molecule has 1 saturated carbocycles. The first-order valence-corrected chi connectivity index (χ1v) is 6.75. The zero-order chi connectivity index (χ0) is 12.6. The van der Waals surface area contributed by atoms with Crippen LogP contribution in [0.4, 0.5) is 0 Å². The van der Waals surface area contributed by atoms with Gasteiger partial charge in [-0.05, 0) is 33.1 Å². The van der Waals surface area contributed by atoms with Crippen LogP contribution in [0, 0.1) is 0 Å². The van der Waals surface area contributed by atoms with E-state index in [1.165, 1.54) is 19.3 Å². The van der Waals surface area contributed by atoms with Crippen LogP contribution in [0.5, 0.6) is 0 Å². The number of nitrogens with one attached hydrogen (secondary N) is 1. The monoisotopic (exact) mass is 245 g/mol. The van der Waals surface area contributed by atoms with Crippen molar-refractivity contribution < 1.29 is 14.2 Å². The van der Waals surface area contributed by atoms with E-state index in [9.17, 15) is 0 Å². The van der Waals surface area contributed by atoms with Crippen LogP contribution in [0.25, 0.3) is 0 Å². The Morgan fingerprint density at radius 3 is 2.24 bits per heavy atom. The molecule has 0 amide bonds. The van der Waals surface area contributed by atoms with Crippen LogP contribution >= 0.6 is 0 Å². The zero-order valence-electron chi connectivity index (χ0n) is 11.5. The Hall–Kier alpha value is -0.160. The van der Waals surface area contributed by atoms with Gasteiger partial charge in [0.1, 0.15) is 0 Å². The first-order valence-electron chi connectivity index (χ1n) is 6.75. The lowest BCUT2D eigenvalue weighted by Gasteiger charge is -2.40. The third kappa shape index (κ3) is 4.92. The zero-order valence-corrected chi connectivity index (χ0v) is 11.5. The van der Waals surface area contributed by atoms with Crippen LogP contribution in [0.2, 0.25) is 0 Å². The lowest BCUT2D eigenvalue weighted by molar-refractivity contribution is -0.139. The molecule has 1 rings (SSSR count). The molecule has 0 saturated heterocycles. The molecule has 0 heterocycles. The maximum Gasteiger partial charge on any atom is 0.158 e. The number of hydrogen-bond donors (Lipinski definition) is 1. The molecular weight excluding hydrogens is 218 g/mol. The minimum absolute atomic E-state index is 0.0719. The van der Waals surface area contributed by atoms with Gasteiger partial charge in [0.15, 0.2) is 6.29 Å². The number of rotatable bonds is 10. The van der Waals surface area contributed by atoms with E-state index in [-0.39, 0.29) is 11.9 Å². The van der Waals surface area contributed by atoms with Gasteiger partial charge in [-0.15, -0.1) is 0 Å². The molecule has 0 bridgehead atoms. The summed E-state index contributed by atoms with van der Waals surface area (Å²) in [6, 6.07) is 0. The fourth-order valence-corrected chi connectivity index (χ4v) is 2.15. The van der Waals surface area contributed by atoms with Crippen molar-refractivity contribution in [3.8, 4) is 0 Å². The summed E-state index contributed by atoms with van der Waals surface area (Å²) in [5.74, 6) is 0. The summed E-state index contributed by atoms with van der Waals surface area (Å²) in [5, 5.41) is 3.44. The first-order chi connectivity index (χ1) is 8.26. The van der Waals surface area contributed by atoms with Crippen molar-refractivity contribution in [3.05, 3.63) is 0 Å². The number of ether oxygens (including phenoxy) is 3. The second-order valence-electron chi connectivity index (χ2n) is 4.55. The molecular formula is C13H27NO3. The highest BCUT2D eigenvalue weighted by Gasteiger charge is 2.36. The molecule has 0 aromatic rings. The van der Waals surface area contributed by atoms with E-state index < -0.39 is 0 Å². The quantitative estimate of drug-likeness (QED) is 0.471. The van der Waals surface area contributed by atoms with Gasteiger partial charge in [-0.3, -0.25) is 0 Å². The molecule has 0 radical (unpaired) electrons. The number of methoxy groups -OCH3 is 1. The van der Waals surface area contributed by atoms with Gasteiger partial charge in [0.05, 0.1) is 5.60 Å². The van der Waals surface area contributed by atoms with Crippen molar-refractivity contribution in [2.24, 2.45) is 0 Å². The summed E-state index contributed by atoms with van der Waals surface area (Å²) in [5.41, 5.74) is 0.104. The lowest BCUT2D eigenvalue weighted by Crippen LogP contribution is -2.48. The summed E-state index contributed by atoms with van der Waals surface area (Å²) in [6.45, 7) is 7.24. The van der Waals surface area contributed by atoms with Crippen molar-refractivity contribution in [2.75, 3.05) is 33.4 Å². The van der Waals surface area contributed by atoms with Crippen molar-refractivity contribution in [1.29, 1.82) is 0 Å². The third-order valence-electron chi connectivity index (χ3n) is 3.41. The van der Waals surface area contributed by atoms with Crippen LogP contribution < -0.4 is 5.32 Å². The van der Waals surface area contributed by atoms with E-state index in [2.05, 4.69) is 5.32 Å². The highest BCUT2D eigenvalue weighted by molar-refractivity contribution is 4.91. The Morgan fingerprint density at radius 1 is 1.18 bits per heavy atom. The van der Waals surface area contributed by atoms with E-state index in [0.29, 0.717) is 13.2 Å². The lowest BCUT2D eigenvalue weighted by atomic mass is 9.80. The highest BCUT2D eigenvalue weighted by atomic mass is 16.7. The van der Waals surface area contributed by atoms with E-state index in [0.717, 1.165) is 19.5 Å². The van der Waals surface area contributed by atoms with Crippen molar-refractivity contribution >= 4 is 0 Å². The van der Waals surface area contributed by atoms with Gasteiger partial charge in [0.25, 0.3) is 0 Å². The predicted molar refractivity (Wildman–Crippen MR) is 68.1 cm³/mol. The van der Waals surface area contributed by atoms with Crippen LogP contribution in [0.1, 0.15) is 39.5 Å². The molecule has 0 aromatic carbocycles. The van der Waals surface area contributed by atoms with Crippen LogP contribution in [0.3, 0.4) is 0 Å². The summed E-state index contributed by atoms with van der Waals surface area (Å²) in [4.78, 5) is 0. The molecule has 1 fully saturated rings. The fraction of sp³-hybridized carbons (Fsp3) is 1.00. The summed E-state index contributed by atoms with van der Waals surface area (Å²) < 4.78 is 16.5. The fourth-order valence-electron chi connectivity index (χ4n) is 2.15. The molecule has 0 spiro atoms. The Kier molecular flexibility index (Phi) is 7.04.